The second-order valence-corrected chi connectivity index (χ2v) is 3.52. The van der Waals surface area contributed by atoms with Crippen molar-refractivity contribution in [3.63, 3.8) is 0 Å². The van der Waals surface area contributed by atoms with E-state index in [0.717, 1.165) is 12.1 Å². The maximum atomic E-state index is 10.0. The van der Waals surface area contributed by atoms with E-state index in [-0.39, 0.29) is 5.92 Å². The smallest absolute Gasteiger partial charge is 0.293 e. The third-order valence-electron chi connectivity index (χ3n) is 1.87. The van der Waals surface area contributed by atoms with Gasteiger partial charge in [-0.1, -0.05) is 6.92 Å². The maximum absolute atomic E-state index is 10.0. The molecule has 0 amide bonds. The van der Waals surface area contributed by atoms with Gasteiger partial charge in [-0.2, -0.15) is 0 Å². The number of aromatic nitrogens is 1. The molecular weight excluding hydrogens is 188 g/mol. The van der Waals surface area contributed by atoms with E-state index < -0.39 is 0 Å². The Morgan fingerprint density at radius 1 is 1.85 bits per heavy atom. The minimum atomic E-state index is 0.122. The summed E-state index contributed by atoms with van der Waals surface area (Å²) in [5.74, 6) is 0.122. The third kappa shape index (κ3) is 2.42. The van der Waals surface area contributed by atoms with E-state index in [0.29, 0.717) is 18.1 Å². The lowest BCUT2D eigenvalue weighted by Gasteiger charge is -2.11. The molecule has 1 aromatic rings. The lowest BCUT2D eigenvalue weighted by Crippen LogP contribution is -2.08. The van der Waals surface area contributed by atoms with Gasteiger partial charge < -0.3 is 10.5 Å². The average Bonchev–Trinajstić information content (AvgIpc) is 2.54. The zero-order chi connectivity index (χ0) is 9.68. The second-order valence-electron chi connectivity index (χ2n) is 2.64. The summed E-state index contributed by atoms with van der Waals surface area (Å²) in [5, 5.41) is 0.710. The van der Waals surface area contributed by atoms with Gasteiger partial charge in [0.2, 0.25) is 0 Å². The second kappa shape index (κ2) is 4.81. The highest BCUT2D eigenvalue weighted by Gasteiger charge is 2.15. The molecule has 4 nitrogen and oxygen atoms in total. The highest BCUT2D eigenvalue weighted by Crippen LogP contribution is 2.26. The predicted octanol–water partition coefficient (Wildman–Crippen LogP) is 1.39. The van der Waals surface area contributed by atoms with Gasteiger partial charge in [0.05, 0.1) is 17.8 Å². The molecular formula is C8H12N2O2S. The van der Waals surface area contributed by atoms with Crippen molar-refractivity contribution in [1.82, 2.24) is 4.98 Å². The molecule has 1 heterocycles. The Labute approximate surface area is 80.7 Å². The van der Waals surface area contributed by atoms with Gasteiger partial charge in [-0.15, -0.1) is 11.3 Å². The summed E-state index contributed by atoms with van der Waals surface area (Å²) in [6.07, 6.45) is 0.863. The van der Waals surface area contributed by atoms with Crippen molar-refractivity contribution in [2.75, 3.05) is 12.3 Å². The Morgan fingerprint density at radius 3 is 3.08 bits per heavy atom. The molecule has 2 N–H and O–H groups in total. The first-order valence-corrected chi connectivity index (χ1v) is 4.91. The van der Waals surface area contributed by atoms with E-state index in [9.17, 15) is 4.79 Å². The monoisotopic (exact) mass is 200 g/mol. The first-order chi connectivity index (χ1) is 6.29. The van der Waals surface area contributed by atoms with Crippen LogP contribution < -0.4 is 5.73 Å². The number of hydrogen-bond acceptors (Lipinski definition) is 5. The van der Waals surface area contributed by atoms with Crippen molar-refractivity contribution in [1.29, 1.82) is 0 Å². The minimum Gasteiger partial charge on any atom is -0.467 e. The van der Waals surface area contributed by atoms with Crippen LogP contribution >= 0.6 is 11.3 Å². The fraction of sp³-hybridized carbons (Fsp3) is 0.500. The molecule has 1 unspecified atom stereocenters. The number of anilines is 1. The zero-order valence-electron chi connectivity index (χ0n) is 7.40. The maximum Gasteiger partial charge on any atom is 0.293 e. The van der Waals surface area contributed by atoms with E-state index in [4.69, 9.17) is 10.5 Å². The van der Waals surface area contributed by atoms with Crippen LogP contribution in [-0.4, -0.2) is 18.1 Å². The molecule has 0 spiro atoms. The Balaban J connectivity index is 2.66. The van der Waals surface area contributed by atoms with Crippen molar-refractivity contribution in [3.05, 3.63) is 11.2 Å². The molecule has 0 aliphatic rings. The van der Waals surface area contributed by atoms with Crippen molar-refractivity contribution in [3.8, 4) is 0 Å². The molecule has 0 saturated carbocycles. The van der Waals surface area contributed by atoms with E-state index in [1.165, 1.54) is 11.3 Å². The number of rotatable bonds is 5. The number of carbonyl (C=O) groups excluding carboxylic acids is 1. The summed E-state index contributed by atoms with van der Waals surface area (Å²) in [5.41, 5.74) is 8.25. The zero-order valence-corrected chi connectivity index (χ0v) is 8.21. The van der Waals surface area contributed by atoms with Gasteiger partial charge in [-0.05, 0) is 6.42 Å². The summed E-state index contributed by atoms with van der Waals surface area (Å²) in [6, 6.07) is 0. The average molecular weight is 200 g/mol. The van der Waals surface area contributed by atoms with Crippen LogP contribution in [0.1, 0.15) is 25.0 Å². The number of carbonyl (C=O) groups is 1. The van der Waals surface area contributed by atoms with Crippen molar-refractivity contribution in [2.45, 2.75) is 19.3 Å². The highest BCUT2D eigenvalue weighted by molar-refractivity contribution is 7.13. The SMILES string of the molecule is CCC(COC=O)c1ncsc1N. The summed E-state index contributed by atoms with van der Waals surface area (Å²) in [4.78, 5) is 14.1. The Bertz CT molecular complexity index is 275. The molecule has 0 fully saturated rings. The lowest BCUT2D eigenvalue weighted by atomic mass is 10.0. The van der Waals surface area contributed by atoms with Gasteiger partial charge in [0.25, 0.3) is 6.47 Å². The Morgan fingerprint density at radius 2 is 2.62 bits per heavy atom. The highest BCUT2D eigenvalue weighted by atomic mass is 32.1. The first-order valence-electron chi connectivity index (χ1n) is 4.03. The van der Waals surface area contributed by atoms with Crippen LogP contribution in [-0.2, 0) is 9.53 Å². The lowest BCUT2D eigenvalue weighted by molar-refractivity contribution is -0.129. The van der Waals surface area contributed by atoms with Gasteiger partial charge >= 0.3 is 0 Å². The van der Waals surface area contributed by atoms with Gasteiger partial charge in [0, 0.05) is 5.92 Å². The molecule has 0 aromatic carbocycles. The number of thiazole rings is 1. The molecule has 0 saturated heterocycles. The van der Waals surface area contributed by atoms with Crippen LogP contribution in [0, 0.1) is 0 Å². The summed E-state index contributed by atoms with van der Waals surface area (Å²) >= 11 is 1.40. The molecule has 72 valence electrons. The molecule has 0 aliphatic carbocycles. The van der Waals surface area contributed by atoms with Gasteiger partial charge in [-0.25, -0.2) is 4.98 Å². The molecule has 0 radical (unpaired) electrons. The predicted molar refractivity (Wildman–Crippen MR) is 51.6 cm³/mol. The largest absolute Gasteiger partial charge is 0.467 e. The van der Waals surface area contributed by atoms with E-state index in [2.05, 4.69) is 4.98 Å². The van der Waals surface area contributed by atoms with E-state index >= 15 is 0 Å². The summed E-state index contributed by atoms with van der Waals surface area (Å²) in [7, 11) is 0. The fourth-order valence-electron chi connectivity index (χ4n) is 1.12. The molecule has 1 atom stereocenters. The number of hydrogen-bond donors (Lipinski definition) is 1. The standard InChI is InChI=1S/C8H12N2O2S/c1-2-6(3-12-5-11)7-8(9)13-4-10-7/h4-6H,2-3,9H2,1H3. The third-order valence-corrected chi connectivity index (χ3v) is 2.54. The van der Waals surface area contributed by atoms with Crippen LogP contribution in [0.3, 0.4) is 0 Å². The number of nitrogens with zero attached hydrogens (tertiary/aromatic N) is 1. The van der Waals surface area contributed by atoms with Crippen LogP contribution in [0.2, 0.25) is 0 Å². The Kier molecular flexibility index (Phi) is 3.70. The van der Waals surface area contributed by atoms with E-state index in [1.807, 2.05) is 6.92 Å². The van der Waals surface area contributed by atoms with Crippen molar-refractivity contribution < 1.29 is 9.53 Å². The van der Waals surface area contributed by atoms with Crippen LogP contribution in [0.25, 0.3) is 0 Å². The van der Waals surface area contributed by atoms with Crippen LogP contribution in [0.4, 0.5) is 5.00 Å². The first kappa shape index (κ1) is 9.98. The molecule has 1 aromatic heterocycles. The number of nitrogen functional groups attached to an aromatic ring is 1. The molecule has 5 heteroatoms. The normalized spacial score (nSPS) is 12.4. The summed E-state index contributed by atoms with van der Waals surface area (Å²) < 4.78 is 4.69. The van der Waals surface area contributed by atoms with Gasteiger partial charge in [-0.3, -0.25) is 4.79 Å². The van der Waals surface area contributed by atoms with Gasteiger partial charge in [0.1, 0.15) is 5.00 Å². The molecule has 0 aliphatic heterocycles. The number of nitrogens with two attached hydrogens (primary N) is 1. The van der Waals surface area contributed by atoms with Crippen molar-refractivity contribution >= 4 is 22.8 Å². The van der Waals surface area contributed by atoms with Crippen LogP contribution in [0.5, 0.6) is 0 Å². The van der Waals surface area contributed by atoms with Crippen molar-refractivity contribution in [2.24, 2.45) is 0 Å². The quantitative estimate of drug-likeness (QED) is 0.729. The van der Waals surface area contributed by atoms with E-state index in [1.54, 1.807) is 5.51 Å². The fourth-order valence-corrected chi connectivity index (χ4v) is 1.74. The molecule has 1 rings (SSSR count). The number of ether oxygens (including phenoxy) is 1. The van der Waals surface area contributed by atoms with Gasteiger partial charge in [0.15, 0.2) is 0 Å². The minimum absolute atomic E-state index is 0.122. The molecule has 0 bridgehead atoms. The summed E-state index contributed by atoms with van der Waals surface area (Å²) in [6.45, 7) is 2.82. The van der Waals surface area contributed by atoms with Crippen LogP contribution in [0.15, 0.2) is 5.51 Å². The molecule has 13 heavy (non-hydrogen) atoms. The Hall–Kier alpha value is -1.10. The topological polar surface area (TPSA) is 65.2 Å².